The molecule has 0 fully saturated rings. The average Bonchev–Trinajstić information content (AvgIpc) is 2.77. The van der Waals surface area contributed by atoms with Gasteiger partial charge in [0.15, 0.2) is 17.3 Å². The van der Waals surface area contributed by atoms with Crippen LogP contribution >= 0.6 is 0 Å². The van der Waals surface area contributed by atoms with Crippen LogP contribution in [0.3, 0.4) is 0 Å². The van der Waals surface area contributed by atoms with Gasteiger partial charge in [0.2, 0.25) is 0 Å². The molecule has 3 rings (SSSR count). The van der Waals surface area contributed by atoms with Crippen molar-refractivity contribution in [3.8, 4) is 11.5 Å². The minimum atomic E-state index is -0.361. The van der Waals surface area contributed by atoms with E-state index >= 15 is 0 Å². The fourth-order valence-corrected chi connectivity index (χ4v) is 3.36. The quantitative estimate of drug-likeness (QED) is 0.542. The van der Waals surface area contributed by atoms with Crippen LogP contribution in [-0.4, -0.2) is 43.8 Å². The molecule has 1 unspecified atom stereocenters. The SMILES string of the molecule is CC[NH+](Cc1cccc(C(=O)OC)c1)Cc1nc2cc(OC)c(OC)cc2c(=O)[nH]1. The zero-order valence-electron chi connectivity index (χ0n) is 17.6. The number of methoxy groups -OCH3 is 3. The Labute approximate surface area is 174 Å². The Morgan fingerprint density at radius 2 is 1.80 bits per heavy atom. The summed E-state index contributed by atoms with van der Waals surface area (Å²) < 4.78 is 15.4. The molecule has 8 heteroatoms. The number of carbonyl (C=O) groups is 1. The molecule has 1 atom stereocenters. The van der Waals surface area contributed by atoms with E-state index in [2.05, 4.69) is 16.9 Å². The second-order valence-corrected chi connectivity index (χ2v) is 6.89. The number of fused-ring (bicyclic) bond motifs is 1. The number of quaternary nitrogens is 1. The van der Waals surface area contributed by atoms with Crippen molar-refractivity contribution in [2.45, 2.75) is 20.0 Å². The molecule has 0 saturated heterocycles. The predicted octanol–water partition coefficient (Wildman–Crippen LogP) is 1.33. The molecule has 0 saturated carbocycles. The molecule has 2 aromatic carbocycles. The Hall–Kier alpha value is -3.39. The molecule has 0 spiro atoms. The van der Waals surface area contributed by atoms with Gasteiger partial charge < -0.3 is 24.1 Å². The largest absolute Gasteiger partial charge is 0.493 e. The lowest BCUT2D eigenvalue weighted by atomic mass is 10.1. The Bertz CT molecular complexity index is 1110. The van der Waals surface area contributed by atoms with Crippen LogP contribution in [0.25, 0.3) is 10.9 Å². The number of nitrogens with zero attached hydrogens (tertiary/aromatic N) is 1. The van der Waals surface area contributed by atoms with Gasteiger partial charge in [-0.25, -0.2) is 9.78 Å². The lowest BCUT2D eigenvalue weighted by Crippen LogP contribution is -3.09. The molecule has 8 nitrogen and oxygen atoms in total. The number of hydrogen-bond donors (Lipinski definition) is 2. The number of benzene rings is 2. The number of carbonyl (C=O) groups excluding carboxylic acids is 1. The van der Waals surface area contributed by atoms with Gasteiger partial charge in [-0.2, -0.15) is 0 Å². The van der Waals surface area contributed by atoms with E-state index in [1.165, 1.54) is 19.1 Å². The van der Waals surface area contributed by atoms with Gasteiger partial charge in [-0.1, -0.05) is 12.1 Å². The van der Waals surface area contributed by atoms with Gasteiger partial charge in [-0.05, 0) is 25.1 Å². The number of ether oxygens (including phenoxy) is 3. The van der Waals surface area contributed by atoms with Crippen LogP contribution in [-0.2, 0) is 17.8 Å². The molecule has 0 aliphatic heterocycles. The maximum Gasteiger partial charge on any atom is 0.337 e. The van der Waals surface area contributed by atoms with Crippen LogP contribution in [0, 0.1) is 0 Å². The van der Waals surface area contributed by atoms with Crippen molar-refractivity contribution in [2.24, 2.45) is 0 Å². The smallest absolute Gasteiger partial charge is 0.337 e. The third-order valence-electron chi connectivity index (χ3n) is 4.98. The predicted molar refractivity (Wildman–Crippen MR) is 112 cm³/mol. The van der Waals surface area contributed by atoms with Crippen molar-refractivity contribution >= 4 is 16.9 Å². The molecule has 1 heterocycles. The van der Waals surface area contributed by atoms with E-state index in [1.54, 1.807) is 25.3 Å². The van der Waals surface area contributed by atoms with E-state index < -0.39 is 0 Å². The highest BCUT2D eigenvalue weighted by atomic mass is 16.5. The average molecular weight is 412 g/mol. The van der Waals surface area contributed by atoms with E-state index in [1.807, 2.05) is 18.2 Å². The number of aromatic amines is 1. The number of H-pyrrole nitrogens is 1. The Balaban J connectivity index is 1.86. The first kappa shape index (κ1) is 21.3. The van der Waals surface area contributed by atoms with Crippen molar-refractivity contribution < 1.29 is 23.9 Å². The van der Waals surface area contributed by atoms with Gasteiger partial charge in [0.05, 0.1) is 44.3 Å². The van der Waals surface area contributed by atoms with E-state index in [-0.39, 0.29) is 11.5 Å². The first-order valence-electron chi connectivity index (χ1n) is 9.64. The van der Waals surface area contributed by atoms with Gasteiger partial charge in [0.25, 0.3) is 5.56 Å². The maximum atomic E-state index is 12.6. The summed E-state index contributed by atoms with van der Waals surface area (Å²) in [5.41, 5.74) is 1.85. The molecule has 0 amide bonds. The van der Waals surface area contributed by atoms with Crippen molar-refractivity contribution in [1.82, 2.24) is 9.97 Å². The van der Waals surface area contributed by atoms with E-state index in [0.29, 0.717) is 46.9 Å². The zero-order valence-corrected chi connectivity index (χ0v) is 17.6. The van der Waals surface area contributed by atoms with E-state index in [0.717, 1.165) is 12.1 Å². The van der Waals surface area contributed by atoms with Crippen LogP contribution in [0.15, 0.2) is 41.2 Å². The zero-order chi connectivity index (χ0) is 21.7. The monoisotopic (exact) mass is 412 g/mol. The molecule has 2 N–H and O–H groups in total. The Kier molecular flexibility index (Phi) is 6.68. The highest BCUT2D eigenvalue weighted by Crippen LogP contribution is 2.29. The third kappa shape index (κ3) is 4.60. The van der Waals surface area contributed by atoms with Crippen molar-refractivity contribution in [3.63, 3.8) is 0 Å². The van der Waals surface area contributed by atoms with Crippen LogP contribution in [0.5, 0.6) is 11.5 Å². The Morgan fingerprint density at radius 3 is 2.47 bits per heavy atom. The molecule has 0 radical (unpaired) electrons. The Morgan fingerprint density at radius 1 is 1.07 bits per heavy atom. The topological polar surface area (TPSA) is 94.9 Å². The summed E-state index contributed by atoms with van der Waals surface area (Å²) in [6.07, 6.45) is 0. The second kappa shape index (κ2) is 9.41. The molecule has 30 heavy (non-hydrogen) atoms. The third-order valence-corrected chi connectivity index (χ3v) is 4.98. The highest BCUT2D eigenvalue weighted by molar-refractivity contribution is 5.89. The molecular formula is C22H26N3O5+. The molecule has 0 aliphatic carbocycles. The maximum absolute atomic E-state index is 12.6. The molecular weight excluding hydrogens is 386 g/mol. The summed E-state index contributed by atoms with van der Waals surface area (Å²) in [5.74, 6) is 1.23. The number of hydrogen-bond acceptors (Lipinski definition) is 6. The summed E-state index contributed by atoms with van der Waals surface area (Å²) in [4.78, 5) is 33.0. The molecule has 3 aromatic rings. The van der Waals surface area contributed by atoms with Gasteiger partial charge in [-0.3, -0.25) is 4.79 Å². The van der Waals surface area contributed by atoms with Gasteiger partial charge >= 0.3 is 5.97 Å². The molecule has 0 aliphatic rings. The first-order chi connectivity index (χ1) is 14.5. The molecule has 158 valence electrons. The van der Waals surface area contributed by atoms with Gasteiger partial charge in [0.1, 0.15) is 13.1 Å². The van der Waals surface area contributed by atoms with Crippen LogP contribution in [0.4, 0.5) is 0 Å². The number of aromatic nitrogens is 2. The van der Waals surface area contributed by atoms with Crippen molar-refractivity contribution in [3.05, 3.63) is 63.7 Å². The normalized spacial score (nSPS) is 11.9. The summed E-state index contributed by atoms with van der Waals surface area (Å²) in [6.45, 7) is 4.08. The number of esters is 1. The first-order valence-corrected chi connectivity index (χ1v) is 9.64. The fourth-order valence-electron chi connectivity index (χ4n) is 3.36. The van der Waals surface area contributed by atoms with Crippen LogP contribution < -0.4 is 19.9 Å². The number of rotatable bonds is 8. The fraction of sp³-hybridized carbons (Fsp3) is 0.318. The van der Waals surface area contributed by atoms with Crippen LogP contribution in [0.1, 0.15) is 28.7 Å². The van der Waals surface area contributed by atoms with Crippen LogP contribution in [0.2, 0.25) is 0 Å². The minimum absolute atomic E-state index is 0.223. The summed E-state index contributed by atoms with van der Waals surface area (Å²) in [7, 11) is 4.44. The number of nitrogens with one attached hydrogen (secondary N) is 2. The summed E-state index contributed by atoms with van der Waals surface area (Å²) >= 11 is 0. The van der Waals surface area contributed by atoms with E-state index in [4.69, 9.17) is 14.2 Å². The highest BCUT2D eigenvalue weighted by Gasteiger charge is 2.15. The minimum Gasteiger partial charge on any atom is -0.493 e. The van der Waals surface area contributed by atoms with Gasteiger partial charge in [0, 0.05) is 11.6 Å². The molecule has 1 aromatic heterocycles. The van der Waals surface area contributed by atoms with Crippen molar-refractivity contribution in [2.75, 3.05) is 27.9 Å². The van der Waals surface area contributed by atoms with E-state index in [9.17, 15) is 9.59 Å². The summed E-state index contributed by atoms with van der Waals surface area (Å²) in [5, 5.41) is 0.445. The molecule has 0 bridgehead atoms. The lowest BCUT2D eigenvalue weighted by molar-refractivity contribution is -0.926. The van der Waals surface area contributed by atoms with Gasteiger partial charge in [-0.15, -0.1) is 0 Å². The second-order valence-electron chi connectivity index (χ2n) is 6.89. The standard InChI is InChI=1S/C22H25N3O5/c1-5-25(12-14-7-6-8-15(9-14)22(27)30-4)13-20-23-17-11-19(29-3)18(28-2)10-16(17)21(26)24-20/h6-11H,5,12-13H2,1-4H3,(H,23,24,26)/p+1. The van der Waals surface area contributed by atoms with Crippen molar-refractivity contribution in [1.29, 1.82) is 0 Å². The lowest BCUT2D eigenvalue weighted by Gasteiger charge is -2.18. The summed E-state index contributed by atoms with van der Waals surface area (Å²) in [6, 6.07) is 10.7.